The van der Waals surface area contributed by atoms with Gasteiger partial charge in [0.05, 0.1) is 6.54 Å². The highest BCUT2D eigenvalue weighted by Crippen LogP contribution is 2.13. The molecule has 0 saturated heterocycles. The largest absolute Gasteiger partial charge is 0.484 e. The van der Waals surface area contributed by atoms with Crippen LogP contribution >= 0.6 is 0 Å². The van der Waals surface area contributed by atoms with Gasteiger partial charge in [0.15, 0.2) is 6.61 Å². The quantitative estimate of drug-likeness (QED) is 0.748. The van der Waals surface area contributed by atoms with E-state index in [1.54, 1.807) is 29.0 Å². The van der Waals surface area contributed by atoms with Crippen molar-refractivity contribution in [2.24, 2.45) is 0 Å². The van der Waals surface area contributed by atoms with E-state index in [0.717, 1.165) is 5.56 Å². The van der Waals surface area contributed by atoms with Crippen molar-refractivity contribution in [1.29, 1.82) is 0 Å². The summed E-state index contributed by atoms with van der Waals surface area (Å²) in [4.78, 5) is 25.9. The Labute approximate surface area is 131 Å². The maximum atomic E-state index is 11.8. The number of ether oxygens (including phenoxy) is 1. The second-order valence-electron chi connectivity index (χ2n) is 5.06. The molecule has 0 spiro atoms. The highest BCUT2D eigenvalue weighted by atomic mass is 16.5. The fraction of sp³-hybridized carbons (Fsp3) is 0.500. The fourth-order valence-electron chi connectivity index (χ4n) is 2.10. The zero-order valence-electron chi connectivity index (χ0n) is 13.4. The summed E-state index contributed by atoms with van der Waals surface area (Å²) < 4.78 is 5.48. The third-order valence-corrected chi connectivity index (χ3v) is 3.26. The molecule has 0 bridgehead atoms. The van der Waals surface area contributed by atoms with E-state index < -0.39 is 5.97 Å². The molecular weight excluding hydrogens is 284 g/mol. The number of hydrogen-bond donors (Lipinski definition) is 1. The lowest BCUT2D eigenvalue weighted by atomic mass is 10.2. The smallest absolute Gasteiger partial charge is 0.317 e. The molecule has 0 saturated carbocycles. The zero-order valence-corrected chi connectivity index (χ0v) is 13.4. The van der Waals surface area contributed by atoms with Crippen LogP contribution in [0.3, 0.4) is 0 Å². The van der Waals surface area contributed by atoms with Gasteiger partial charge in [-0.25, -0.2) is 0 Å². The SMILES string of the molecule is CCN(CC)C(=O)COc1ccc(CN(C)CC(=O)O)cc1. The number of rotatable bonds is 9. The van der Waals surface area contributed by atoms with Gasteiger partial charge in [-0.1, -0.05) is 12.1 Å². The van der Waals surface area contributed by atoms with E-state index in [1.807, 2.05) is 26.0 Å². The van der Waals surface area contributed by atoms with Crippen LogP contribution in [0.5, 0.6) is 5.75 Å². The van der Waals surface area contributed by atoms with Crippen molar-refractivity contribution in [1.82, 2.24) is 9.80 Å². The molecule has 0 unspecified atom stereocenters. The minimum atomic E-state index is -0.850. The topological polar surface area (TPSA) is 70.1 Å². The number of hydrogen-bond acceptors (Lipinski definition) is 4. The van der Waals surface area contributed by atoms with Gasteiger partial charge in [-0.2, -0.15) is 0 Å². The van der Waals surface area contributed by atoms with E-state index in [0.29, 0.717) is 25.4 Å². The number of likely N-dealkylation sites (N-methyl/N-ethyl adjacent to an activating group) is 2. The van der Waals surface area contributed by atoms with Gasteiger partial charge >= 0.3 is 5.97 Å². The summed E-state index contributed by atoms with van der Waals surface area (Å²) in [5.74, 6) is -0.252. The molecule has 0 fully saturated rings. The van der Waals surface area contributed by atoms with Crippen molar-refractivity contribution in [2.75, 3.05) is 33.3 Å². The number of carboxylic acids is 1. The molecule has 22 heavy (non-hydrogen) atoms. The second kappa shape index (κ2) is 9.04. The third-order valence-electron chi connectivity index (χ3n) is 3.26. The molecule has 0 aliphatic rings. The van der Waals surface area contributed by atoms with Crippen LogP contribution in [0.25, 0.3) is 0 Å². The first-order valence-electron chi connectivity index (χ1n) is 7.36. The van der Waals surface area contributed by atoms with Gasteiger partial charge in [0.25, 0.3) is 5.91 Å². The number of carboxylic acid groups (broad SMARTS) is 1. The molecule has 6 heteroatoms. The van der Waals surface area contributed by atoms with Crippen LogP contribution in [-0.2, 0) is 16.1 Å². The predicted molar refractivity (Wildman–Crippen MR) is 83.8 cm³/mol. The van der Waals surface area contributed by atoms with E-state index >= 15 is 0 Å². The number of aliphatic carboxylic acids is 1. The van der Waals surface area contributed by atoms with Gasteiger partial charge in [-0.05, 0) is 38.6 Å². The van der Waals surface area contributed by atoms with Crippen molar-refractivity contribution >= 4 is 11.9 Å². The maximum absolute atomic E-state index is 11.8. The standard InChI is InChI=1S/C16H24N2O4/c1-4-18(5-2)15(19)12-22-14-8-6-13(7-9-14)10-17(3)11-16(20)21/h6-9H,4-5,10-12H2,1-3H3,(H,20,21). The van der Waals surface area contributed by atoms with Crippen molar-refractivity contribution in [2.45, 2.75) is 20.4 Å². The Balaban J connectivity index is 2.48. The van der Waals surface area contributed by atoms with Gasteiger partial charge in [-0.15, -0.1) is 0 Å². The van der Waals surface area contributed by atoms with E-state index in [9.17, 15) is 9.59 Å². The van der Waals surface area contributed by atoms with E-state index in [2.05, 4.69) is 0 Å². The van der Waals surface area contributed by atoms with Gasteiger partial charge < -0.3 is 14.7 Å². The molecule has 1 aromatic carbocycles. The molecule has 1 aromatic rings. The minimum absolute atomic E-state index is 0.00335. The van der Waals surface area contributed by atoms with E-state index in [4.69, 9.17) is 9.84 Å². The van der Waals surface area contributed by atoms with Gasteiger partial charge in [-0.3, -0.25) is 14.5 Å². The van der Waals surface area contributed by atoms with Crippen LogP contribution in [-0.4, -0.2) is 60.1 Å². The van der Waals surface area contributed by atoms with Crippen molar-refractivity contribution in [3.63, 3.8) is 0 Å². The molecule has 0 aliphatic carbocycles. The Morgan fingerprint density at radius 2 is 1.73 bits per heavy atom. The lowest BCUT2D eigenvalue weighted by molar-refractivity contribution is -0.138. The lowest BCUT2D eigenvalue weighted by Gasteiger charge is -2.18. The number of nitrogens with zero attached hydrogens (tertiary/aromatic N) is 2. The van der Waals surface area contributed by atoms with Gasteiger partial charge in [0, 0.05) is 19.6 Å². The molecule has 0 radical (unpaired) electrons. The summed E-state index contributed by atoms with van der Waals surface area (Å²) >= 11 is 0. The summed E-state index contributed by atoms with van der Waals surface area (Å²) in [5.41, 5.74) is 0.992. The van der Waals surface area contributed by atoms with Crippen molar-refractivity contribution < 1.29 is 19.4 Å². The number of carbonyl (C=O) groups excluding carboxylic acids is 1. The number of benzene rings is 1. The summed E-state index contributed by atoms with van der Waals surface area (Å²) in [7, 11) is 1.75. The highest BCUT2D eigenvalue weighted by Gasteiger charge is 2.10. The Hall–Kier alpha value is -2.08. The molecule has 6 nitrogen and oxygen atoms in total. The third kappa shape index (κ3) is 6.13. The summed E-state index contributed by atoms with van der Waals surface area (Å²) in [5, 5.41) is 8.72. The van der Waals surface area contributed by atoms with Crippen molar-refractivity contribution in [3.05, 3.63) is 29.8 Å². The van der Waals surface area contributed by atoms with Crippen LogP contribution in [0, 0.1) is 0 Å². The summed E-state index contributed by atoms with van der Waals surface area (Å²) in [6.45, 7) is 5.79. The number of carbonyl (C=O) groups is 2. The Kier molecular flexibility index (Phi) is 7.39. The van der Waals surface area contributed by atoms with Crippen LogP contribution in [0.2, 0.25) is 0 Å². The summed E-state index contributed by atoms with van der Waals surface area (Å²) in [6.07, 6.45) is 0. The minimum Gasteiger partial charge on any atom is -0.484 e. The average molecular weight is 308 g/mol. The Morgan fingerprint density at radius 3 is 2.23 bits per heavy atom. The fourth-order valence-corrected chi connectivity index (χ4v) is 2.10. The second-order valence-corrected chi connectivity index (χ2v) is 5.06. The molecule has 0 heterocycles. The molecular formula is C16H24N2O4. The molecule has 122 valence electrons. The van der Waals surface area contributed by atoms with Crippen LogP contribution in [0.15, 0.2) is 24.3 Å². The van der Waals surface area contributed by atoms with E-state index in [-0.39, 0.29) is 19.1 Å². The van der Waals surface area contributed by atoms with Crippen molar-refractivity contribution in [3.8, 4) is 5.75 Å². The highest BCUT2D eigenvalue weighted by molar-refractivity contribution is 5.77. The summed E-state index contributed by atoms with van der Waals surface area (Å²) in [6, 6.07) is 7.32. The first kappa shape index (κ1) is 18.0. The van der Waals surface area contributed by atoms with E-state index in [1.165, 1.54) is 0 Å². The van der Waals surface area contributed by atoms with Crippen LogP contribution in [0.1, 0.15) is 19.4 Å². The first-order valence-corrected chi connectivity index (χ1v) is 7.36. The molecule has 0 aromatic heterocycles. The Morgan fingerprint density at radius 1 is 1.14 bits per heavy atom. The zero-order chi connectivity index (χ0) is 16.5. The molecule has 1 N–H and O–H groups in total. The molecule has 0 atom stereocenters. The van der Waals surface area contributed by atoms with Crippen LogP contribution in [0.4, 0.5) is 0 Å². The molecule has 0 aliphatic heterocycles. The maximum Gasteiger partial charge on any atom is 0.317 e. The first-order chi connectivity index (χ1) is 10.5. The predicted octanol–water partition coefficient (Wildman–Crippen LogP) is 1.45. The normalized spacial score (nSPS) is 10.5. The molecule has 1 amide bonds. The number of amides is 1. The van der Waals surface area contributed by atoms with Gasteiger partial charge in [0.2, 0.25) is 0 Å². The lowest BCUT2D eigenvalue weighted by Crippen LogP contribution is -2.34. The average Bonchev–Trinajstić information content (AvgIpc) is 2.47. The molecule has 1 rings (SSSR count). The van der Waals surface area contributed by atoms with Gasteiger partial charge in [0.1, 0.15) is 5.75 Å². The monoisotopic (exact) mass is 308 g/mol. The Bertz CT molecular complexity index is 483. The van der Waals surface area contributed by atoms with Crippen LogP contribution < -0.4 is 4.74 Å².